The van der Waals surface area contributed by atoms with Crippen LogP contribution in [0.15, 0.2) is 24.3 Å². The van der Waals surface area contributed by atoms with E-state index in [-0.39, 0.29) is 34.6 Å². The monoisotopic (exact) mass is 321 g/mol. The Kier molecular flexibility index (Phi) is 5.22. The maximum atomic E-state index is 10.5. The minimum atomic E-state index is -0.486. The van der Waals surface area contributed by atoms with Crippen LogP contribution in [0.25, 0.3) is 0 Å². The number of rotatable bonds is 3. The van der Waals surface area contributed by atoms with Crippen molar-refractivity contribution in [3.05, 3.63) is 44.9 Å². The molecule has 0 aliphatic carbocycles. The number of halogens is 3. The predicted molar refractivity (Wildman–Crippen MR) is 73.5 cm³/mol. The van der Waals surface area contributed by atoms with Gasteiger partial charge in [0.05, 0.1) is 4.92 Å². The zero-order chi connectivity index (χ0) is 13.1. The van der Waals surface area contributed by atoms with Gasteiger partial charge in [-0.15, -0.1) is 12.4 Å². The van der Waals surface area contributed by atoms with Gasteiger partial charge in [0.2, 0.25) is 16.5 Å². The summed E-state index contributed by atoms with van der Waals surface area (Å²) in [6, 6.07) is 5.74. The number of nitro benzene ring substituents is 1. The number of aromatic nitrogens is 3. The van der Waals surface area contributed by atoms with Gasteiger partial charge in [-0.2, -0.15) is 15.0 Å². The molecule has 0 amide bonds. The molecular formula is C9H6Cl3N5O2. The van der Waals surface area contributed by atoms with Crippen LogP contribution >= 0.6 is 35.6 Å². The molecule has 0 saturated heterocycles. The van der Waals surface area contributed by atoms with E-state index in [0.717, 1.165) is 0 Å². The number of hydrogen-bond donors (Lipinski definition) is 1. The van der Waals surface area contributed by atoms with Crippen molar-refractivity contribution in [2.45, 2.75) is 0 Å². The van der Waals surface area contributed by atoms with E-state index < -0.39 is 4.92 Å². The van der Waals surface area contributed by atoms with E-state index in [9.17, 15) is 10.1 Å². The largest absolute Gasteiger partial charge is 0.324 e. The lowest BCUT2D eigenvalue weighted by molar-refractivity contribution is -0.384. The molecule has 2 rings (SSSR count). The van der Waals surface area contributed by atoms with E-state index in [2.05, 4.69) is 20.3 Å². The molecule has 1 N–H and O–H groups in total. The lowest BCUT2D eigenvalue weighted by Gasteiger charge is -2.04. The summed E-state index contributed by atoms with van der Waals surface area (Å²) in [5, 5.41) is 13.2. The summed E-state index contributed by atoms with van der Waals surface area (Å²) in [6.07, 6.45) is 0. The van der Waals surface area contributed by atoms with Crippen molar-refractivity contribution >= 4 is 52.9 Å². The van der Waals surface area contributed by atoms with Crippen LogP contribution in [0.3, 0.4) is 0 Å². The molecule has 0 unspecified atom stereocenters. The molecule has 0 spiro atoms. The molecule has 19 heavy (non-hydrogen) atoms. The van der Waals surface area contributed by atoms with Crippen molar-refractivity contribution in [3.8, 4) is 0 Å². The molecule has 1 aromatic carbocycles. The lowest BCUT2D eigenvalue weighted by Crippen LogP contribution is -1.99. The highest BCUT2D eigenvalue weighted by Gasteiger charge is 2.06. The summed E-state index contributed by atoms with van der Waals surface area (Å²) in [6.45, 7) is 0. The van der Waals surface area contributed by atoms with Crippen LogP contribution in [0.1, 0.15) is 0 Å². The SMILES string of the molecule is Cl.O=[N+]([O-])c1ccc(Nc2nc(Cl)nc(Cl)n2)cc1. The van der Waals surface area contributed by atoms with E-state index in [1.165, 1.54) is 24.3 Å². The first-order chi connectivity index (χ1) is 8.54. The Labute approximate surface area is 123 Å². The maximum absolute atomic E-state index is 10.5. The van der Waals surface area contributed by atoms with E-state index in [0.29, 0.717) is 5.69 Å². The molecule has 2 aromatic rings. The first-order valence-electron chi connectivity index (χ1n) is 4.63. The van der Waals surface area contributed by atoms with Crippen molar-refractivity contribution in [2.24, 2.45) is 0 Å². The maximum Gasteiger partial charge on any atom is 0.269 e. The average molecular weight is 323 g/mol. The van der Waals surface area contributed by atoms with Gasteiger partial charge in [0.15, 0.2) is 0 Å². The van der Waals surface area contributed by atoms with E-state index in [4.69, 9.17) is 23.2 Å². The van der Waals surface area contributed by atoms with Crippen LogP contribution in [0.2, 0.25) is 10.6 Å². The molecule has 0 fully saturated rings. The van der Waals surface area contributed by atoms with Crippen molar-refractivity contribution in [3.63, 3.8) is 0 Å². The summed E-state index contributed by atoms with van der Waals surface area (Å²) in [7, 11) is 0. The quantitative estimate of drug-likeness (QED) is 0.688. The fourth-order valence-corrected chi connectivity index (χ4v) is 1.54. The Bertz CT molecular complexity index is 573. The Morgan fingerprint density at radius 2 is 1.58 bits per heavy atom. The number of anilines is 2. The Hall–Kier alpha value is -1.70. The smallest absolute Gasteiger partial charge is 0.269 e. The predicted octanol–water partition coefficient (Wildman–Crippen LogP) is 3.25. The molecular weight excluding hydrogens is 316 g/mol. The number of nitro groups is 1. The van der Waals surface area contributed by atoms with Crippen molar-refractivity contribution in [1.29, 1.82) is 0 Å². The minimum absolute atomic E-state index is 0. The zero-order valence-electron chi connectivity index (χ0n) is 9.08. The van der Waals surface area contributed by atoms with Gasteiger partial charge < -0.3 is 5.32 Å². The Morgan fingerprint density at radius 1 is 1.05 bits per heavy atom. The summed E-state index contributed by atoms with van der Waals surface area (Å²) >= 11 is 11.2. The van der Waals surface area contributed by atoms with E-state index >= 15 is 0 Å². The third-order valence-electron chi connectivity index (χ3n) is 1.92. The highest BCUT2D eigenvalue weighted by atomic mass is 35.5. The number of nitrogens with zero attached hydrogens (tertiary/aromatic N) is 4. The van der Waals surface area contributed by atoms with Gasteiger partial charge in [-0.1, -0.05) is 0 Å². The second-order valence-corrected chi connectivity index (χ2v) is 3.80. The van der Waals surface area contributed by atoms with Crippen LogP contribution < -0.4 is 5.32 Å². The van der Waals surface area contributed by atoms with Crippen LogP contribution in [-0.2, 0) is 0 Å². The summed E-state index contributed by atoms with van der Waals surface area (Å²) in [5.74, 6) is 0.161. The molecule has 0 saturated carbocycles. The first-order valence-corrected chi connectivity index (χ1v) is 5.39. The standard InChI is InChI=1S/C9H5Cl2N5O2.ClH/c10-7-13-8(11)15-9(14-7)12-5-1-3-6(4-2-5)16(17)18;/h1-4H,(H,12,13,14,15);1H. The molecule has 0 atom stereocenters. The molecule has 0 aliphatic heterocycles. The van der Waals surface area contributed by atoms with Crippen molar-refractivity contribution in [2.75, 3.05) is 5.32 Å². The second-order valence-electron chi connectivity index (χ2n) is 3.13. The molecule has 0 bridgehead atoms. The van der Waals surface area contributed by atoms with Crippen LogP contribution in [0, 0.1) is 10.1 Å². The van der Waals surface area contributed by atoms with E-state index in [1.807, 2.05) is 0 Å². The zero-order valence-corrected chi connectivity index (χ0v) is 11.4. The van der Waals surface area contributed by atoms with Crippen LogP contribution in [0.4, 0.5) is 17.3 Å². The van der Waals surface area contributed by atoms with Crippen molar-refractivity contribution in [1.82, 2.24) is 15.0 Å². The highest BCUT2D eigenvalue weighted by Crippen LogP contribution is 2.19. The third-order valence-corrected chi connectivity index (χ3v) is 2.25. The number of hydrogen-bond acceptors (Lipinski definition) is 6. The topological polar surface area (TPSA) is 93.8 Å². The molecule has 0 aliphatic rings. The van der Waals surface area contributed by atoms with Gasteiger partial charge in [-0.05, 0) is 35.3 Å². The molecule has 0 radical (unpaired) electrons. The molecule has 7 nitrogen and oxygen atoms in total. The molecule has 1 heterocycles. The average Bonchev–Trinajstić information content (AvgIpc) is 2.28. The summed E-state index contributed by atoms with van der Waals surface area (Å²) < 4.78 is 0. The summed E-state index contributed by atoms with van der Waals surface area (Å²) in [5.41, 5.74) is 0.561. The Morgan fingerprint density at radius 3 is 2.05 bits per heavy atom. The van der Waals surface area contributed by atoms with E-state index in [1.54, 1.807) is 0 Å². The third kappa shape index (κ3) is 4.16. The van der Waals surface area contributed by atoms with Gasteiger partial charge >= 0.3 is 0 Å². The lowest BCUT2D eigenvalue weighted by atomic mass is 10.3. The van der Waals surface area contributed by atoms with Crippen molar-refractivity contribution < 1.29 is 4.92 Å². The minimum Gasteiger partial charge on any atom is -0.324 e. The number of nitrogens with one attached hydrogen (secondary N) is 1. The number of benzene rings is 1. The van der Waals surface area contributed by atoms with Gasteiger partial charge in [-0.3, -0.25) is 10.1 Å². The van der Waals surface area contributed by atoms with Crippen LogP contribution in [0.5, 0.6) is 0 Å². The second kappa shape index (κ2) is 6.46. The summed E-state index contributed by atoms with van der Waals surface area (Å²) in [4.78, 5) is 21.2. The molecule has 100 valence electrons. The van der Waals surface area contributed by atoms with Gasteiger partial charge in [0.25, 0.3) is 5.69 Å². The Balaban J connectivity index is 0.00000180. The van der Waals surface area contributed by atoms with Gasteiger partial charge in [0, 0.05) is 17.8 Å². The normalized spacial score (nSPS) is 9.58. The fourth-order valence-electron chi connectivity index (χ4n) is 1.18. The first kappa shape index (κ1) is 15.4. The molecule has 10 heteroatoms. The van der Waals surface area contributed by atoms with Crippen LogP contribution in [-0.4, -0.2) is 19.9 Å². The van der Waals surface area contributed by atoms with Gasteiger partial charge in [-0.25, -0.2) is 0 Å². The molecule has 1 aromatic heterocycles. The number of non-ortho nitro benzene ring substituents is 1. The fraction of sp³-hybridized carbons (Fsp3) is 0. The van der Waals surface area contributed by atoms with Gasteiger partial charge in [0.1, 0.15) is 0 Å². The highest BCUT2D eigenvalue weighted by molar-refractivity contribution is 6.31.